The van der Waals surface area contributed by atoms with Crippen molar-refractivity contribution in [2.24, 2.45) is 0 Å². The van der Waals surface area contributed by atoms with Crippen LogP contribution >= 0.6 is 0 Å². The molecule has 0 amide bonds. The summed E-state index contributed by atoms with van der Waals surface area (Å²) in [5.41, 5.74) is 7.21. The van der Waals surface area contributed by atoms with E-state index in [1.807, 2.05) is 0 Å². The van der Waals surface area contributed by atoms with Crippen molar-refractivity contribution in [2.45, 2.75) is 40.7 Å². The number of rotatable bonds is 6. The standard InChI is InChI=1S/C17H21N3O6/c1-6-24-16(22)11-7(2)13(19-8(11)3)14(21)10(5)25-17(23)12-9(4)20-26-15(12)18/h10,19H,6,18H2,1-5H3/t10-/m1/s1. The first-order valence-corrected chi connectivity index (χ1v) is 8.02. The molecule has 0 unspecified atom stereocenters. The number of anilines is 1. The number of carbonyl (C=O) groups is 3. The fourth-order valence-corrected chi connectivity index (χ4v) is 2.62. The van der Waals surface area contributed by atoms with Gasteiger partial charge in [-0.1, -0.05) is 5.16 Å². The maximum atomic E-state index is 12.7. The van der Waals surface area contributed by atoms with E-state index in [-0.39, 0.29) is 29.4 Å². The number of hydrogen-bond acceptors (Lipinski definition) is 8. The van der Waals surface area contributed by atoms with Crippen molar-refractivity contribution in [3.05, 3.63) is 33.8 Å². The van der Waals surface area contributed by atoms with Gasteiger partial charge in [0.15, 0.2) is 6.10 Å². The van der Waals surface area contributed by atoms with Crippen LogP contribution in [0.25, 0.3) is 0 Å². The number of hydrogen-bond donors (Lipinski definition) is 2. The van der Waals surface area contributed by atoms with Gasteiger partial charge in [-0.25, -0.2) is 9.59 Å². The molecule has 0 radical (unpaired) electrons. The number of Topliss-reactive ketones (excluding diaryl/α,β-unsaturated/α-hetero) is 1. The van der Waals surface area contributed by atoms with Crippen LogP contribution in [0, 0.1) is 20.8 Å². The van der Waals surface area contributed by atoms with Crippen molar-refractivity contribution in [3.63, 3.8) is 0 Å². The maximum absolute atomic E-state index is 12.7. The molecular formula is C17H21N3O6. The van der Waals surface area contributed by atoms with Crippen molar-refractivity contribution in [1.29, 1.82) is 0 Å². The summed E-state index contributed by atoms with van der Waals surface area (Å²) in [6.07, 6.45) is -1.11. The minimum atomic E-state index is -1.11. The summed E-state index contributed by atoms with van der Waals surface area (Å²) in [4.78, 5) is 39.8. The highest BCUT2D eigenvalue weighted by molar-refractivity contribution is 6.05. The lowest BCUT2D eigenvalue weighted by Crippen LogP contribution is -2.26. The Morgan fingerprint density at radius 3 is 2.38 bits per heavy atom. The van der Waals surface area contributed by atoms with E-state index in [1.54, 1.807) is 20.8 Å². The predicted octanol–water partition coefficient (Wildman–Crippen LogP) is 2.12. The average Bonchev–Trinajstić information content (AvgIpc) is 3.05. The lowest BCUT2D eigenvalue weighted by atomic mass is 10.1. The number of nitrogen functional groups attached to an aromatic ring is 1. The highest BCUT2D eigenvalue weighted by Gasteiger charge is 2.29. The van der Waals surface area contributed by atoms with E-state index in [2.05, 4.69) is 10.1 Å². The molecule has 26 heavy (non-hydrogen) atoms. The van der Waals surface area contributed by atoms with Gasteiger partial charge in [-0.3, -0.25) is 4.79 Å². The zero-order valence-electron chi connectivity index (χ0n) is 15.3. The Kier molecular flexibility index (Phi) is 5.49. The molecule has 0 spiro atoms. The summed E-state index contributed by atoms with van der Waals surface area (Å²) in [7, 11) is 0. The maximum Gasteiger partial charge on any atom is 0.346 e. The van der Waals surface area contributed by atoms with Gasteiger partial charge < -0.3 is 24.7 Å². The third-order valence-corrected chi connectivity index (χ3v) is 3.91. The van der Waals surface area contributed by atoms with Gasteiger partial charge in [0.1, 0.15) is 5.56 Å². The predicted molar refractivity (Wildman–Crippen MR) is 91.1 cm³/mol. The Balaban J connectivity index is 2.22. The Hall–Kier alpha value is -3.10. The smallest absolute Gasteiger partial charge is 0.346 e. The van der Waals surface area contributed by atoms with Gasteiger partial charge in [0.25, 0.3) is 0 Å². The summed E-state index contributed by atoms with van der Waals surface area (Å²) in [6, 6.07) is 0. The van der Waals surface area contributed by atoms with Gasteiger partial charge in [-0.2, -0.15) is 0 Å². The molecule has 0 bridgehead atoms. The second kappa shape index (κ2) is 7.42. The molecular weight excluding hydrogens is 342 g/mol. The van der Waals surface area contributed by atoms with Crippen LogP contribution in [0.15, 0.2) is 4.52 Å². The number of ketones is 1. The molecule has 0 aromatic carbocycles. The Bertz CT molecular complexity index is 845. The van der Waals surface area contributed by atoms with Crippen LogP contribution in [-0.4, -0.2) is 40.6 Å². The molecule has 2 aromatic rings. The molecule has 9 heteroatoms. The largest absolute Gasteiger partial charge is 0.462 e. The minimum absolute atomic E-state index is 0.0174. The number of carbonyl (C=O) groups excluding carboxylic acids is 3. The monoisotopic (exact) mass is 363 g/mol. The van der Waals surface area contributed by atoms with Crippen LogP contribution < -0.4 is 5.73 Å². The fourth-order valence-electron chi connectivity index (χ4n) is 2.62. The molecule has 1 atom stereocenters. The summed E-state index contributed by atoms with van der Waals surface area (Å²) in [5.74, 6) is -1.99. The van der Waals surface area contributed by atoms with Gasteiger partial charge in [0.2, 0.25) is 11.7 Å². The third-order valence-electron chi connectivity index (χ3n) is 3.91. The molecule has 0 aliphatic heterocycles. The molecule has 3 N–H and O–H groups in total. The van der Waals surface area contributed by atoms with E-state index in [0.29, 0.717) is 16.8 Å². The number of nitrogens with two attached hydrogens (primary N) is 1. The fraction of sp³-hybridized carbons (Fsp3) is 0.412. The van der Waals surface area contributed by atoms with Crippen molar-refractivity contribution in [2.75, 3.05) is 12.3 Å². The number of nitrogens with one attached hydrogen (secondary N) is 1. The van der Waals surface area contributed by atoms with Crippen molar-refractivity contribution in [1.82, 2.24) is 10.1 Å². The van der Waals surface area contributed by atoms with Gasteiger partial charge in [0.05, 0.1) is 23.6 Å². The van der Waals surface area contributed by atoms with Gasteiger partial charge in [-0.05, 0) is 40.2 Å². The molecule has 140 valence electrons. The molecule has 2 aromatic heterocycles. The molecule has 9 nitrogen and oxygen atoms in total. The van der Waals surface area contributed by atoms with E-state index in [1.165, 1.54) is 13.8 Å². The summed E-state index contributed by atoms with van der Waals surface area (Å²) in [5, 5.41) is 3.57. The van der Waals surface area contributed by atoms with E-state index in [0.717, 1.165) is 0 Å². The second-order valence-corrected chi connectivity index (χ2v) is 5.76. The number of aryl methyl sites for hydroxylation is 2. The van der Waals surface area contributed by atoms with Crippen molar-refractivity contribution in [3.8, 4) is 0 Å². The molecule has 0 aliphatic carbocycles. The zero-order valence-corrected chi connectivity index (χ0v) is 15.3. The number of ether oxygens (including phenoxy) is 2. The highest BCUT2D eigenvalue weighted by Crippen LogP contribution is 2.22. The molecule has 0 saturated carbocycles. The molecule has 0 saturated heterocycles. The van der Waals surface area contributed by atoms with Crippen LogP contribution in [0.3, 0.4) is 0 Å². The molecule has 2 heterocycles. The molecule has 0 aliphatic rings. The second-order valence-electron chi connectivity index (χ2n) is 5.76. The first kappa shape index (κ1) is 19.2. The Morgan fingerprint density at radius 2 is 1.85 bits per heavy atom. The number of nitrogens with zero attached hydrogens (tertiary/aromatic N) is 1. The SMILES string of the molecule is CCOC(=O)c1c(C)[nH]c(C(=O)[C@@H](C)OC(=O)c2c(C)noc2N)c1C. The van der Waals surface area contributed by atoms with Gasteiger partial charge in [0, 0.05) is 5.69 Å². The Labute approximate surface area is 149 Å². The first-order chi connectivity index (χ1) is 12.2. The van der Waals surface area contributed by atoms with Gasteiger partial charge >= 0.3 is 11.9 Å². The van der Waals surface area contributed by atoms with Crippen LogP contribution in [0.2, 0.25) is 0 Å². The summed E-state index contributed by atoms with van der Waals surface area (Å²) < 4.78 is 14.9. The highest BCUT2D eigenvalue weighted by atomic mass is 16.5. The summed E-state index contributed by atoms with van der Waals surface area (Å²) >= 11 is 0. The van der Waals surface area contributed by atoms with Gasteiger partial charge in [-0.15, -0.1) is 0 Å². The average molecular weight is 363 g/mol. The van der Waals surface area contributed by atoms with Crippen molar-refractivity contribution < 1.29 is 28.4 Å². The van der Waals surface area contributed by atoms with E-state index in [9.17, 15) is 14.4 Å². The topological polar surface area (TPSA) is 138 Å². The third kappa shape index (κ3) is 3.46. The minimum Gasteiger partial charge on any atom is -0.462 e. The number of esters is 2. The number of aromatic amines is 1. The van der Waals surface area contributed by atoms with Crippen LogP contribution in [0.5, 0.6) is 0 Å². The molecule has 0 fully saturated rings. The number of aromatic nitrogens is 2. The van der Waals surface area contributed by atoms with Crippen molar-refractivity contribution >= 4 is 23.6 Å². The lowest BCUT2D eigenvalue weighted by molar-refractivity contribution is 0.0316. The lowest BCUT2D eigenvalue weighted by Gasteiger charge is -2.12. The zero-order chi connectivity index (χ0) is 19.6. The van der Waals surface area contributed by atoms with E-state index >= 15 is 0 Å². The van der Waals surface area contributed by atoms with E-state index in [4.69, 9.17) is 19.7 Å². The summed E-state index contributed by atoms with van der Waals surface area (Å²) in [6.45, 7) is 8.17. The van der Waals surface area contributed by atoms with E-state index < -0.39 is 23.8 Å². The quantitative estimate of drug-likeness (QED) is 0.588. The van der Waals surface area contributed by atoms with Crippen LogP contribution in [-0.2, 0) is 9.47 Å². The first-order valence-electron chi connectivity index (χ1n) is 8.02. The normalized spacial score (nSPS) is 11.9. The Morgan fingerprint density at radius 1 is 1.19 bits per heavy atom. The van der Waals surface area contributed by atoms with Crippen LogP contribution in [0.1, 0.15) is 62.0 Å². The number of H-pyrrole nitrogens is 1. The van der Waals surface area contributed by atoms with Crippen LogP contribution in [0.4, 0.5) is 5.88 Å². The molecule has 2 rings (SSSR count).